The van der Waals surface area contributed by atoms with Crippen LogP contribution in [0.25, 0.3) is 0 Å². The van der Waals surface area contributed by atoms with Gasteiger partial charge in [0.1, 0.15) is 0 Å². The fourth-order valence-corrected chi connectivity index (χ4v) is 3.63. The molecule has 0 aromatic rings. The number of amides is 1. The molecule has 1 aliphatic carbocycles. The molecule has 1 aliphatic heterocycles. The second-order valence-corrected chi connectivity index (χ2v) is 6.02. The normalized spacial score (nSPS) is 30.5. The van der Waals surface area contributed by atoms with Gasteiger partial charge in [-0.2, -0.15) is 0 Å². The fourth-order valence-electron chi connectivity index (χ4n) is 3.63. The summed E-state index contributed by atoms with van der Waals surface area (Å²) in [5, 5.41) is 3.63. The maximum atomic E-state index is 12.6. The van der Waals surface area contributed by atoms with E-state index >= 15 is 0 Å². The van der Waals surface area contributed by atoms with Crippen LogP contribution in [0.3, 0.4) is 0 Å². The van der Waals surface area contributed by atoms with E-state index in [2.05, 4.69) is 18.8 Å². The summed E-state index contributed by atoms with van der Waals surface area (Å²) in [5.41, 5.74) is 0. The quantitative estimate of drug-likeness (QED) is 0.774. The van der Waals surface area contributed by atoms with E-state index in [-0.39, 0.29) is 11.9 Å². The second kappa shape index (κ2) is 7.09. The lowest BCUT2D eigenvalue weighted by Crippen LogP contribution is -2.55. The summed E-state index contributed by atoms with van der Waals surface area (Å²) in [6.45, 7) is 7.41. The number of hydrogen-bond donors (Lipinski definition) is 1. The van der Waals surface area contributed by atoms with Crippen molar-refractivity contribution >= 4 is 5.91 Å². The maximum Gasteiger partial charge on any atom is 0.239 e. The van der Waals surface area contributed by atoms with Gasteiger partial charge in [0.2, 0.25) is 5.91 Å². The highest BCUT2D eigenvalue weighted by molar-refractivity contribution is 5.82. The zero-order valence-corrected chi connectivity index (χ0v) is 12.2. The van der Waals surface area contributed by atoms with Crippen LogP contribution in [0.15, 0.2) is 12.7 Å². The van der Waals surface area contributed by atoms with Gasteiger partial charge in [0.25, 0.3) is 0 Å². The summed E-state index contributed by atoms with van der Waals surface area (Å²) in [5.74, 6) is 1.10. The number of hydrogen-bond acceptors (Lipinski definition) is 2. The number of carbonyl (C=O) groups excluding carboxylic acids is 1. The van der Waals surface area contributed by atoms with E-state index in [1.54, 1.807) is 0 Å². The van der Waals surface area contributed by atoms with Crippen LogP contribution in [0.4, 0.5) is 0 Å². The molecule has 2 rings (SSSR count). The van der Waals surface area contributed by atoms with Crippen LogP contribution >= 0.6 is 0 Å². The largest absolute Gasteiger partial charge is 0.338 e. The molecule has 3 heteroatoms. The Bertz CT molecular complexity index is 316. The van der Waals surface area contributed by atoms with Gasteiger partial charge in [-0.05, 0) is 38.0 Å². The van der Waals surface area contributed by atoms with Crippen molar-refractivity contribution in [1.29, 1.82) is 0 Å². The van der Waals surface area contributed by atoms with Crippen molar-refractivity contribution in [3.8, 4) is 0 Å². The van der Waals surface area contributed by atoms with Crippen LogP contribution < -0.4 is 5.32 Å². The predicted octanol–water partition coefficient (Wildman–Crippen LogP) is 2.72. The Morgan fingerprint density at radius 3 is 2.84 bits per heavy atom. The highest BCUT2D eigenvalue weighted by atomic mass is 16.2. The monoisotopic (exact) mass is 264 g/mol. The first-order valence-corrected chi connectivity index (χ1v) is 7.92. The molecule has 1 saturated heterocycles. The first kappa shape index (κ1) is 14.6. The van der Waals surface area contributed by atoms with Gasteiger partial charge in [-0.1, -0.05) is 25.8 Å². The van der Waals surface area contributed by atoms with Crippen molar-refractivity contribution in [3.05, 3.63) is 12.7 Å². The third-order valence-electron chi connectivity index (χ3n) is 4.60. The van der Waals surface area contributed by atoms with Gasteiger partial charge in [0.15, 0.2) is 0 Å². The van der Waals surface area contributed by atoms with E-state index in [1.165, 1.54) is 32.1 Å². The van der Waals surface area contributed by atoms with Crippen LogP contribution in [0.2, 0.25) is 0 Å². The minimum absolute atomic E-state index is 0.0471. The molecule has 1 N–H and O–H groups in total. The highest BCUT2D eigenvalue weighted by Gasteiger charge is 2.35. The van der Waals surface area contributed by atoms with E-state index in [0.29, 0.717) is 12.6 Å². The van der Waals surface area contributed by atoms with Crippen molar-refractivity contribution < 1.29 is 4.79 Å². The van der Waals surface area contributed by atoms with E-state index < -0.39 is 0 Å². The van der Waals surface area contributed by atoms with Gasteiger partial charge in [-0.25, -0.2) is 0 Å². The first-order chi connectivity index (χ1) is 9.26. The number of nitrogens with one attached hydrogen (secondary N) is 1. The zero-order valence-electron chi connectivity index (χ0n) is 12.2. The Hall–Kier alpha value is -0.830. The minimum Gasteiger partial charge on any atom is -0.338 e. The lowest BCUT2D eigenvalue weighted by atomic mass is 9.77. The lowest BCUT2D eigenvalue weighted by molar-refractivity contribution is -0.134. The summed E-state index contributed by atoms with van der Waals surface area (Å²) in [7, 11) is 0. The van der Waals surface area contributed by atoms with E-state index in [4.69, 9.17) is 0 Å². The molecule has 0 spiro atoms. The molecule has 0 bridgehead atoms. The Labute approximate surface area is 117 Å². The molecule has 1 heterocycles. The van der Waals surface area contributed by atoms with Gasteiger partial charge >= 0.3 is 0 Å². The maximum absolute atomic E-state index is 12.6. The van der Waals surface area contributed by atoms with E-state index in [0.717, 1.165) is 25.3 Å². The molecule has 1 amide bonds. The summed E-state index contributed by atoms with van der Waals surface area (Å²) in [4.78, 5) is 14.5. The SMILES string of the molecule is C=CCN(CCC)C(=O)C1CCC2CCCCC2N1. The smallest absolute Gasteiger partial charge is 0.239 e. The van der Waals surface area contributed by atoms with Crippen molar-refractivity contribution in [2.45, 2.75) is 64.0 Å². The Morgan fingerprint density at radius 1 is 1.32 bits per heavy atom. The van der Waals surface area contributed by atoms with Gasteiger partial charge in [0.05, 0.1) is 6.04 Å². The van der Waals surface area contributed by atoms with Gasteiger partial charge in [-0.15, -0.1) is 6.58 Å². The van der Waals surface area contributed by atoms with Crippen molar-refractivity contribution in [3.63, 3.8) is 0 Å². The molecule has 1 saturated carbocycles. The van der Waals surface area contributed by atoms with E-state index in [9.17, 15) is 4.79 Å². The molecule has 0 aromatic heterocycles. The molecule has 0 aromatic carbocycles. The molecule has 2 fully saturated rings. The fraction of sp³-hybridized carbons (Fsp3) is 0.812. The minimum atomic E-state index is 0.0471. The van der Waals surface area contributed by atoms with Crippen LogP contribution in [-0.4, -0.2) is 36.0 Å². The Morgan fingerprint density at radius 2 is 2.11 bits per heavy atom. The van der Waals surface area contributed by atoms with Crippen molar-refractivity contribution in [1.82, 2.24) is 10.2 Å². The number of rotatable bonds is 5. The van der Waals surface area contributed by atoms with Gasteiger partial charge in [0, 0.05) is 19.1 Å². The second-order valence-electron chi connectivity index (χ2n) is 6.02. The Kier molecular flexibility index (Phi) is 5.44. The molecule has 3 atom stereocenters. The topological polar surface area (TPSA) is 32.3 Å². The third-order valence-corrected chi connectivity index (χ3v) is 4.60. The molecule has 0 radical (unpaired) electrons. The summed E-state index contributed by atoms with van der Waals surface area (Å²) in [6, 6.07) is 0.634. The molecule has 3 nitrogen and oxygen atoms in total. The third kappa shape index (κ3) is 3.59. The summed E-state index contributed by atoms with van der Waals surface area (Å²) >= 11 is 0. The molecule has 108 valence electrons. The molecular formula is C16H28N2O. The number of fused-ring (bicyclic) bond motifs is 1. The molecular weight excluding hydrogens is 236 g/mol. The zero-order chi connectivity index (χ0) is 13.7. The van der Waals surface area contributed by atoms with Gasteiger partial charge in [-0.3, -0.25) is 4.79 Å². The molecule has 3 unspecified atom stereocenters. The predicted molar refractivity (Wildman–Crippen MR) is 79.0 cm³/mol. The summed E-state index contributed by atoms with van der Waals surface area (Å²) in [6.07, 6.45) is 10.4. The van der Waals surface area contributed by atoms with Crippen LogP contribution in [0.1, 0.15) is 51.9 Å². The average molecular weight is 264 g/mol. The average Bonchev–Trinajstić information content (AvgIpc) is 2.46. The van der Waals surface area contributed by atoms with Crippen molar-refractivity contribution in [2.75, 3.05) is 13.1 Å². The number of nitrogens with zero attached hydrogens (tertiary/aromatic N) is 1. The molecule has 2 aliphatic rings. The number of carbonyl (C=O) groups is 1. The van der Waals surface area contributed by atoms with Crippen LogP contribution in [-0.2, 0) is 4.79 Å². The van der Waals surface area contributed by atoms with Crippen LogP contribution in [0.5, 0.6) is 0 Å². The highest BCUT2D eigenvalue weighted by Crippen LogP contribution is 2.32. The van der Waals surface area contributed by atoms with Crippen LogP contribution in [0, 0.1) is 5.92 Å². The summed E-state index contributed by atoms with van der Waals surface area (Å²) < 4.78 is 0. The van der Waals surface area contributed by atoms with E-state index in [1.807, 2.05) is 11.0 Å². The first-order valence-electron chi connectivity index (χ1n) is 7.92. The van der Waals surface area contributed by atoms with Crippen molar-refractivity contribution in [2.24, 2.45) is 5.92 Å². The molecule has 19 heavy (non-hydrogen) atoms. The Balaban J connectivity index is 1.93. The lowest BCUT2D eigenvalue weighted by Gasteiger charge is -2.41. The van der Waals surface area contributed by atoms with Gasteiger partial charge < -0.3 is 10.2 Å². The number of piperidine rings is 1. The standard InChI is InChI=1S/C16H28N2O/c1-3-11-18(12-4-2)16(19)15-10-9-13-7-5-6-8-14(13)17-15/h3,13-15,17H,1,4-12H2,2H3.